The molecule has 0 heterocycles. The van der Waals surface area contributed by atoms with Crippen LogP contribution in [0.3, 0.4) is 0 Å². The molecule has 0 aromatic heterocycles. The standard InChI is InChI=1S/C16H32N2O3/c1-4-18-16(2,15(17)19)10-5-6-11-21-14-9-7-8-13(12-14)20-3/h13-14,18H,4-12H2,1-3H3,(H2,17,19). The van der Waals surface area contributed by atoms with Crippen LogP contribution < -0.4 is 11.1 Å². The van der Waals surface area contributed by atoms with Crippen LogP contribution in [-0.2, 0) is 14.3 Å². The van der Waals surface area contributed by atoms with Crippen molar-refractivity contribution in [1.82, 2.24) is 5.32 Å². The zero-order chi connectivity index (χ0) is 15.7. The Kier molecular flexibility index (Phi) is 8.22. The molecule has 3 atom stereocenters. The second-order valence-corrected chi connectivity index (χ2v) is 6.20. The van der Waals surface area contributed by atoms with E-state index in [9.17, 15) is 4.79 Å². The van der Waals surface area contributed by atoms with Crippen molar-refractivity contribution < 1.29 is 14.3 Å². The van der Waals surface area contributed by atoms with Crippen molar-refractivity contribution in [1.29, 1.82) is 0 Å². The van der Waals surface area contributed by atoms with Crippen LogP contribution in [0.15, 0.2) is 0 Å². The molecule has 0 aliphatic heterocycles. The van der Waals surface area contributed by atoms with Crippen molar-refractivity contribution in [2.24, 2.45) is 5.73 Å². The molecule has 1 aliphatic rings. The average Bonchev–Trinajstić information content (AvgIpc) is 2.47. The Balaban J connectivity index is 2.17. The Morgan fingerprint density at radius 1 is 1.33 bits per heavy atom. The molecule has 0 aromatic rings. The molecular weight excluding hydrogens is 268 g/mol. The highest BCUT2D eigenvalue weighted by Crippen LogP contribution is 2.23. The molecular formula is C16H32N2O3. The molecule has 0 spiro atoms. The fourth-order valence-electron chi connectivity index (χ4n) is 2.99. The number of amides is 1. The van der Waals surface area contributed by atoms with Gasteiger partial charge in [-0.2, -0.15) is 0 Å². The number of likely N-dealkylation sites (N-methyl/N-ethyl adjacent to an activating group) is 1. The van der Waals surface area contributed by atoms with Gasteiger partial charge in [-0.15, -0.1) is 0 Å². The number of unbranched alkanes of at least 4 members (excludes halogenated alkanes) is 1. The van der Waals surface area contributed by atoms with Crippen molar-refractivity contribution >= 4 is 5.91 Å². The summed E-state index contributed by atoms with van der Waals surface area (Å²) in [6, 6.07) is 0. The van der Waals surface area contributed by atoms with Crippen LogP contribution in [0, 0.1) is 0 Å². The molecule has 1 saturated carbocycles. The van der Waals surface area contributed by atoms with E-state index in [1.165, 1.54) is 6.42 Å². The highest BCUT2D eigenvalue weighted by Gasteiger charge is 2.29. The Hall–Kier alpha value is -0.650. The van der Waals surface area contributed by atoms with Gasteiger partial charge in [0.2, 0.25) is 5.91 Å². The van der Waals surface area contributed by atoms with Crippen molar-refractivity contribution in [3.05, 3.63) is 0 Å². The number of ether oxygens (including phenoxy) is 2. The molecule has 0 aromatic carbocycles. The van der Waals surface area contributed by atoms with E-state index in [2.05, 4.69) is 5.32 Å². The maximum Gasteiger partial charge on any atom is 0.237 e. The first-order valence-electron chi connectivity index (χ1n) is 8.21. The van der Waals surface area contributed by atoms with Gasteiger partial charge in [0.25, 0.3) is 0 Å². The summed E-state index contributed by atoms with van der Waals surface area (Å²) in [4.78, 5) is 11.5. The molecule has 5 heteroatoms. The van der Waals surface area contributed by atoms with E-state index >= 15 is 0 Å². The predicted octanol–water partition coefficient (Wildman–Crippen LogP) is 1.98. The molecule has 0 saturated heterocycles. The Labute approximate surface area is 128 Å². The van der Waals surface area contributed by atoms with Gasteiger partial charge >= 0.3 is 0 Å². The number of rotatable bonds is 10. The minimum atomic E-state index is -0.596. The number of hydrogen-bond acceptors (Lipinski definition) is 4. The summed E-state index contributed by atoms with van der Waals surface area (Å²) in [5.41, 5.74) is 4.88. The summed E-state index contributed by atoms with van der Waals surface area (Å²) in [6.07, 6.45) is 7.82. The van der Waals surface area contributed by atoms with Gasteiger partial charge in [-0.3, -0.25) is 4.79 Å². The fourth-order valence-corrected chi connectivity index (χ4v) is 2.99. The third kappa shape index (κ3) is 6.32. The van der Waals surface area contributed by atoms with E-state index in [1.54, 1.807) is 7.11 Å². The highest BCUT2D eigenvalue weighted by molar-refractivity contribution is 5.84. The van der Waals surface area contributed by atoms with Crippen molar-refractivity contribution in [2.75, 3.05) is 20.3 Å². The molecule has 3 unspecified atom stereocenters. The largest absolute Gasteiger partial charge is 0.381 e. The number of primary amides is 1. The number of nitrogens with two attached hydrogens (primary N) is 1. The van der Waals surface area contributed by atoms with Crippen LogP contribution in [0.4, 0.5) is 0 Å². The number of carbonyl (C=O) groups excluding carboxylic acids is 1. The molecule has 1 aliphatic carbocycles. The summed E-state index contributed by atoms with van der Waals surface area (Å²) >= 11 is 0. The summed E-state index contributed by atoms with van der Waals surface area (Å²) < 4.78 is 11.3. The summed E-state index contributed by atoms with van der Waals surface area (Å²) in [7, 11) is 1.78. The molecule has 0 radical (unpaired) electrons. The lowest BCUT2D eigenvalue weighted by atomic mass is 9.93. The lowest BCUT2D eigenvalue weighted by Gasteiger charge is -2.29. The van der Waals surface area contributed by atoms with Crippen molar-refractivity contribution in [3.63, 3.8) is 0 Å². The Bertz CT molecular complexity index is 312. The van der Waals surface area contributed by atoms with E-state index in [0.29, 0.717) is 12.2 Å². The first kappa shape index (κ1) is 18.4. The van der Waals surface area contributed by atoms with Gasteiger partial charge in [0.15, 0.2) is 0 Å². The minimum absolute atomic E-state index is 0.277. The Morgan fingerprint density at radius 3 is 2.67 bits per heavy atom. The third-order valence-electron chi connectivity index (χ3n) is 4.45. The predicted molar refractivity (Wildman–Crippen MR) is 84.1 cm³/mol. The van der Waals surface area contributed by atoms with Gasteiger partial charge < -0.3 is 20.5 Å². The fraction of sp³-hybridized carbons (Fsp3) is 0.938. The van der Waals surface area contributed by atoms with E-state index < -0.39 is 5.54 Å². The zero-order valence-corrected chi connectivity index (χ0v) is 13.8. The number of carbonyl (C=O) groups is 1. The van der Waals surface area contributed by atoms with Gasteiger partial charge in [0.05, 0.1) is 17.7 Å². The van der Waals surface area contributed by atoms with Crippen molar-refractivity contribution in [3.8, 4) is 0 Å². The second kappa shape index (κ2) is 9.38. The Morgan fingerprint density at radius 2 is 2.05 bits per heavy atom. The number of nitrogens with one attached hydrogen (secondary N) is 1. The first-order chi connectivity index (χ1) is 10.0. The summed E-state index contributed by atoms with van der Waals surface area (Å²) in [6.45, 7) is 5.36. The number of methoxy groups -OCH3 is 1. The molecule has 3 N–H and O–H groups in total. The topological polar surface area (TPSA) is 73.6 Å². The van der Waals surface area contributed by atoms with Gasteiger partial charge in [-0.1, -0.05) is 6.92 Å². The quantitative estimate of drug-likeness (QED) is 0.605. The second-order valence-electron chi connectivity index (χ2n) is 6.20. The van der Waals surface area contributed by atoms with Gasteiger partial charge in [-0.25, -0.2) is 0 Å². The first-order valence-corrected chi connectivity index (χ1v) is 8.21. The maximum atomic E-state index is 11.5. The molecule has 124 valence electrons. The average molecular weight is 300 g/mol. The molecule has 1 amide bonds. The van der Waals surface area contributed by atoms with E-state index in [0.717, 1.165) is 51.7 Å². The van der Waals surface area contributed by atoms with Crippen LogP contribution in [-0.4, -0.2) is 43.9 Å². The smallest absolute Gasteiger partial charge is 0.237 e. The highest BCUT2D eigenvalue weighted by atomic mass is 16.5. The summed E-state index contributed by atoms with van der Waals surface area (Å²) in [5.74, 6) is -0.277. The molecule has 21 heavy (non-hydrogen) atoms. The normalized spacial score (nSPS) is 25.5. The van der Waals surface area contributed by atoms with Gasteiger partial charge in [0.1, 0.15) is 0 Å². The maximum absolute atomic E-state index is 11.5. The van der Waals surface area contributed by atoms with Crippen LogP contribution in [0.5, 0.6) is 0 Å². The third-order valence-corrected chi connectivity index (χ3v) is 4.45. The zero-order valence-electron chi connectivity index (χ0n) is 13.8. The SMILES string of the molecule is CCNC(C)(CCCCOC1CCCC(OC)C1)C(N)=O. The molecule has 0 bridgehead atoms. The summed E-state index contributed by atoms with van der Waals surface area (Å²) in [5, 5.41) is 3.18. The molecule has 1 fully saturated rings. The molecule has 1 rings (SSSR count). The minimum Gasteiger partial charge on any atom is -0.381 e. The van der Waals surface area contributed by atoms with Gasteiger partial charge in [0, 0.05) is 13.7 Å². The number of hydrogen-bond donors (Lipinski definition) is 2. The van der Waals surface area contributed by atoms with Crippen LogP contribution in [0.2, 0.25) is 0 Å². The van der Waals surface area contributed by atoms with Gasteiger partial charge in [-0.05, 0) is 58.4 Å². The van der Waals surface area contributed by atoms with Crippen LogP contribution in [0.1, 0.15) is 58.8 Å². The lowest BCUT2D eigenvalue weighted by molar-refractivity contribution is -0.124. The van der Waals surface area contributed by atoms with E-state index in [4.69, 9.17) is 15.2 Å². The van der Waals surface area contributed by atoms with E-state index in [1.807, 2.05) is 13.8 Å². The van der Waals surface area contributed by atoms with Crippen molar-refractivity contribution in [2.45, 2.75) is 76.5 Å². The van der Waals surface area contributed by atoms with Crippen LogP contribution in [0.25, 0.3) is 0 Å². The van der Waals surface area contributed by atoms with Crippen LogP contribution >= 0.6 is 0 Å². The monoisotopic (exact) mass is 300 g/mol. The lowest BCUT2D eigenvalue weighted by Crippen LogP contribution is -2.53. The molecule has 5 nitrogen and oxygen atoms in total. The van der Waals surface area contributed by atoms with E-state index in [-0.39, 0.29) is 5.91 Å².